The molecule has 0 amide bonds. The highest BCUT2D eigenvalue weighted by molar-refractivity contribution is 5.85. The van der Waals surface area contributed by atoms with Crippen molar-refractivity contribution in [3.8, 4) is 0 Å². The van der Waals surface area contributed by atoms with Gasteiger partial charge in [0.15, 0.2) is 0 Å². The normalized spacial score (nSPS) is 12.3. The first-order chi connectivity index (χ1) is 7.70. The van der Waals surface area contributed by atoms with E-state index in [-0.39, 0.29) is 6.04 Å². The van der Waals surface area contributed by atoms with E-state index < -0.39 is 5.97 Å². The molecule has 0 saturated carbocycles. The Kier molecular flexibility index (Phi) is 2.77. The standard InChI is InChI=1S/C13H13NO2/c1-10(11-6-3-2-4-7-11)14-9-5-8-12(14)13(15)16/h2-10H,1H3,(H,15,16)/t10-/m1/s1. The summed E-state index contributed by atoms with van der Waals surface area (Å²) in [5.41, 5.74) is 1.41. The van der Waals surface area contributed by atoms with Crippen LogP contribution in [0.4, 0.5) is 0 Å². The van der Waals surface area contributed by atoms with Gasteiger partial charge in [-0.2, -0.15) is 0 Å². The number of benzene rings is 1. The van der Waals surface area contributed by atoms with Gasteiger partial charge in [0.1, 0.15) is 5.69 Å². The van der Waals surface area contributed by atoms with Gasteiger partial charge >= 0.3 is 5.97 Å². The van der Waals surface area contributed by atoms with Crippen molar-refractivity contribution in [2.24, 2.45) is 0 Å². The zero-order valence-corrected chi connectivity index (χ0v) is 9.00. The smallest absolute Gasteiger partial charge is 0.352 e. The van der Waals surface area contributed by atoms with Crippen LogP contribution in [0.5, 0.6) is 0 Å². The van der Waals surface area contributed by atoms with Crippen molar-refractivity contribution in [3.05, 3.63) is 59.9 Å². The lowest BCUT2D eigenvalue weighted by Gasteiger charge is -2.16. The van der Waals surface area contributed by atoms with E-state index >= 15 is 0 Å². The number of rotatable bonds is 3. The van der Waals surface area contributed by atoms with Gasteiger partial charge in [-0.15, -0.1) is 0 Å². The zero-order valence-electron chi connectivity index (χ0n) is 9.00. The summed E-state index contributed by atoms with van der Waals surface area (Å²) >= 11 is 0. The molecule has 0 aliphatic carbocycles. The van der Waals surface area contributed by atoms with Crippen LogP contribution in [-0.2, 0) is 0 Å². The van der Waals surface area contributed by atoms with E-state index in [4.69, 9.17) is 5.11 Å². The summed E-state index contributed by atoms with van der Waals surface area (Å²) in [7, 11) is 0. The van der Waals surface area contributed by atoms with Gasteiger partial charge in [0, 0.05) is 6.20 Å². The second kappa shape index (κ2) is 4.23. The largest absolute Gasteiger partial charge is 0.477 e. The van der Waals surface area contributed by atoms with Crippen LogP contribution in [0, 0.1) is 0 Å². The van der Waals surface area contributed by atoms with Crippen LogP contribution in [0.3, 0.4) is 0 Å². The highest BCUT2D eigenvalue weighted by Crippen LogP contribution is 2.19. The van der Waals surface area contributed by atoms with Gasteiger partial charge in [-0.25, -0.2) is 4.79 Å². The van der Waals surface area contributed by atoms with Crippen molar-refractivity contribution in [2.45, 2.75) is 13.0 Å². The van der Waals surface area contributed by atoms with Crippen LogP contribution >= 0.6 is 0 Å². The Morgan fingerprint density at radius 2 is 1.88 bits per heavy atom. The maximum Gasteiger partial charge on any atom is 0.352 e. The second-order valence-electron chi connectivity index (χ2n) is 3.69. The van der Waals surface area contributed by atoms with E-state index in [2.05, 4.69) is 0 Å². The molecule has 2 aromatic rings. The fraction of sp³-hybridized carbons (Fsp3) is 0.154. The van der Waals surface area contributed by atoms with E-state index in [1.165, 1.54) is 0 Å². The van der Waals surface area contributed by atoms with E-state index in [0.717, 1.165) is 5.56 Å². The highest BCUT2D eigenvalue weighted by atomic mass is 16.4. The summed E-state index contributed by atoms with van der Waals surface area (Å²) in [6.45, 7) is 1.99. The molecule has 0 bridgehead atoms. The number of carboxylic acids is 1. The Balaban J connectivity index is 2.38. The van der Waals surface area contributed by atoms with Crippen LogP contribution in [0.1, 0.15) is 29.0 Å². The molecular formula is C13H13NO2. The Morgan fingerprint density at radius 1 is 1.19 bits per heavy atom. The van der Waals surface area contributed by atoms with Crippen LogP contribution in [-0.4, -0.2) is 15.6 Å². The Hall–Kier alpha value is -2.03. The van der Waals surface area contributed by atoms with Crippen molar-refractivity contribution in [3.63, 3.8) is 0 Å². The minimum atomic E-state index is -0.896. The van der Waals surface area contributed by atoms with Crippen molar-refractivity contribution in [1.29, 1.82) is 0 Å². The van der Waals surface area contributed by atoms with Crippen molar-refractivity contribution >= 4 is 5.97 Å². The minimum Gasteiger partial charge on any atom is -0.477 e. The molecule has 1 N–H and O–H groups in total. The first kappa shape index (κ1) is 10.5. The van der Waals surface area contributed by atoms with Crippen LogP contribution in [0.2, 0.25) is 0 Å². The third-order valence-corrected chi connectivity index (χ3v) is 2.70. The third-order valence-electron chi connectivity index (χ3n) is 2.70. The highest BCUT2D eigenvalue weighted by Gasteiger charge is 2.14. The quantitative estimate of drug-likeness (QED) is 0.855. The van der Waals surface area contributed by atoms with Gasteiger partial charge in [0.2, 0.25) is 0 Å². The molecule has 1 aromatic carbocycles. The number of hydrogen-bond acceptors (Lipinski definition) is 1. The molecule has 3 nitrogen and oxygen atoms in total. The molecule has 0 saturated heterocycles. The average Bonchev–Trinajstić information content (AvgIpc) is 2.78. The molecule has 0 aliphatic heterocycles. The van der Waals surface area contributed by atoms with Gasteiger partial charge in [-0.3, -0.25) is 0 Å². The number of hydrogen-bond donors (Lipinski definition) is 1. The predicted octanol–water partition coefficient (Wildman–Crippen LogP) is 2.80. The van der Waals surface area contributed by atoms with Gasteiger partial charge in [-0.05, 0) is 24.6 Å². The summed E-state index contributed by atoms with van der Waals surface area (Å²) in [6, 6.07) is 13.2. The summed E-state index contributed by atoms with van der Waals surface area (Å²) < 4.78 is 1.76. The SMILES string of the molecule is C[C@H](c1ccccc1)n1cccc1C(=O)O. The summed E-state index contributed by atoms with van der Waals surface area (Å²) in [5.74, 6) is -0.896. The van der Waals surface area contributed by atoms with E-state index in [0.29, 0.717) is 5.69 Å². The first-order valence-electron chi connectivity index (χ1n) is 5.15. The molecule has 0 fully saturated rings. The Morgan fingerprint density at radius 3 is 2.50 bits per heavy atom. The van der Waals surface area contributed by atoms with Crippen LogP contribution in [0.15, 0.2) is 48.7 Å². The number of aromatic carboxylic acids is 1. The lowest BCUT2D eigenvalue weighted by Crippen LogP contribution is -2.12. The number of carboxylic acid groups (broad SMARTS) is 1. The molecule has 1 aromatic heterocycles. The topological polar surface area (TPSA) is 42.2 Å². The van der Waals surface area contributed by atoms with Crippen molar-refractivity contribution in [2.75, 3.05) is 0 Å². The molecule has 16 heavy (non-hydrogen) atoms. The summed E-state index contributed by atoms with van der Waals surface area (Å²) in [4.78, 5) is 11.0. The molecule has 1 atom stereocenters. The zero-order chi connectivity index (χ0) is 11.5. The van der Waals surface area contributed by atoms with E-state index in [9.17, 15) is 4.79 Å². The van der Waals surface area contributed by atoms with Gasteiger partial charge in [-0.1, -0.05) is 30.3 Å². The molecule has 0 spiro atoms. The minimum absolute atomic E-state index is 0.0299. The maximum absolute atomic E-state index is 11.0. The molecule has 0 aliphatic rings. The number of aromatic nitrogens is 1. The third kappa shape index (κ3) is 1.84. The lowest BCUT2D eigenvalue weighted by molar-refractivity contribution is 0.0684. The predicted molar refractivity (Wildman–Crippen MR) is 61.6 cm³/mol. The van der Waals surface area contributed by atoms with E-state index in [1.54, 1.807) is 22.9 Å². The van der Waals surface area contributed by atoms with Gasteiger partial charge in [0.25, 0.3) is 0 Å². The van der Waals surface area contributed by atoms with E-state index in [1.807, 2.05) is 37.3 Å². The Bertz CT molecular complexity index is 488. The molecule has 0 unspecified atom stereocenters. The molecule has 3 heteroatoms. The van der Waals surface area contributed by atoms with Crippen LogP contribution in [0.25, 0.3) is 0 Å². The average molecular weight is 215 g/mol. The van der Waals surface area contributed by atoms with Crippen LogP contribution < -0.4 is 0 Å². The monoisotopic (exact) mass is 215 g/mol. The molecular weight excluding hydrogens is 202 g/mol. The fourth-order valence-corrected chi connectivity index (χ4v) is 1.80. The van der Waals surface area contributed by atoms with Gasteiger partial charge in [0.05, 0.1) is 6.04 Å². The first-order valence-corrected chi connectivity index (χ1v) is 5.15. The van der Waals surface area contributed by atoms with Crippen molar-refractivity contribution in [1.82, 2.24) is 4.57 Å². The molecule has 0 radical (unpaired) electrons. The molecule has 2 rings (SSSR count). The second-order valence-corrected chi connectivity index (χ2v) is 3.69. The molecule has 82 valence electrons. The maximum atomic E-state index is 11.0. The lowest BCUT2D eigenvalue weighted by atomic mass is 10.1. The number of carbonyl (C=O) groups is 1. The summed E-state index contributed by atoms with van der Waals surface area (Å²) in [5, 5.41) is 9.03. The number of nitrogens with zero attached hydrogens (tertiary/aromatic N) is 1. The molecule has 1 heterocycles. The summed E-state index contributed by atoms with van der Waals surface area (Å²) in [6.07, 6.45) is 1.79. The fourth-order valence-electron chi connectivity index (χ4n) is 1.80. The van der Waals surface area contributed by atoms with Crippen molar-refractivity contribution < 1.29 is 9.90 Å². The Labute approximate surface area is 94.0 Å². The van der Waals surface area contributed by atoms with Gasteiger partial charge < -0.3 is 9.67 Å².